The molecule has 0 spiro atoms. The third-order valence-corrected chi connectivity index (χ3v) is 1.38. The van der Waals surface area contributed by atoms with E-state index in [9.17, 15) is 0 Å². The molecule has 1 N–H and O–H groups in total. The molecule has 0 unspecified atom stereocenters. The molecule has 0 saturated heterocycles. The van der Waals surface area contributed by atoms with Gasteiger partial charge in [0.2, 0.25) is 0 Å². The summed E-state index contributed by atoms with van der Waals surface area (Å²) in [7, 11) is 0. The van der Waals surface area contributed by atoms with Crippen LogP contribution in [0.1, 0.15) is 13.8 Å². The number of hydrogen-bond acceptors (Lipinski definition) is 2. The van der Waals surface area contributed by atoms with Crippen molar-refractivity contribution in [3.63, 3.8) is 0 Å². The van der Waals surface area contributed by atoms with E-state index < -0.39 is 0 Å². The number of hydrogen-bond donors (Lipinski definition) is 2. The smallest absolute Gasteiger partial charge is 0.0892 e. The number of nitrogens with one attached hydrogen (secondary N) is 1. The van der Waals surface area contributed by atoms with Gasteiger partial charge in [-0.1, -0.05) is 13.8 Å². The maximum atomic E-state index is 4.08. The van der Waals surface area contributed by atoms with Crippen molar-refractivity contribution in [2.24, 2.45) is 5.92 Å². The molecule has 0 aromatic heterocycles. The second kappa shape index (κ2) is 1.44. The summed E-state index contributed by atoms with van der Waals surface area (Å²) in [4.78, 5) is 0. The van der Waals surface area contributed by atoms with Crippen LogP contribution >= 0.6 is 12.6 Å². The van der Waals surface area contributed by atoms with Crippen LogP contribution < -0.4 is 5.32 Å². The van der Waals surface area contributed by atoms with Crippen molar-refractivity contribution in [1.29, 1.82) is 0 Å². The van der Waals surface area contributed by atoms with Gasteiger partial charge in [0.05, 0.1) is 5.03 Å². The molecule has 0 aromatic rings. The molecule has 1 rings (SSSR count). The molecule has 0 aliphatic carbocycles. The minimum atomic E-state index is 0.632. The molecule has 1 aliphatic rings. The average molecular weight is 115 g/mol. The van der Waals surface area contributed by atoms with Gasteiger partial charge in [-0.25, -0.2) is 0 Å². The Morgan fingerprint density at radius 3 is 2.00 bits per heavy atom. The van der Waals surface area contributed by atoms with Gasteiger partial charge < -0.3 is 5.32 Å². The Kier molecular flexibility index (Phi) is 1.04. The van der Waals surface area contributed by atoms with Crippen LogP contribution in [0, 0.1) is 5.92 Å². The highest BCUT2D eigenvalue weighted by Gasteiger charge is 2.18. The molecule has 0 radical (unpaired) electrons. The van der Waals surface area contributed by atoms with E-state index in [1.165, 1.54) is 5.70 Å². The van der Waals surface area contributed by atoms with Crippen LogP contribution in [0.3, 0.4) is 0 Å². The Balaban J connectivity index is 2.45. The number of allylic oxidation sites excluding steroid dienone is 1. The van der Waals surface area contributed by atoms with E-state index in [2.05, 4.69) is 31.8 Å². The first-order valence-corrected chi connectivity index (χ1v) is 2.86. The molecule has 0 amide bonds. The van der Waals surface area contributed by atoms with Crippen LogP contribution in [-0.4, -0.2) is 0 Å². The standard InChI is InChI=1S/C5H9NS/c1-3(2)4-5(7)6-4/h3,6-7H,1-2H3. The van der Waals surface area contributed by atoms with Crippen LogP contribution in [0.15, 0.2) is 10.7 Å². The van der Waals surface area contributed by atoms with Crippen LogP contribution in [-0.2, 0) is 0 Å². The number of thiol groups is 1. The van der Waals surface area contributed by atoms with Crippen molar-refractivity contribution < 1.29 is 0 Å². The SMILES string of the molecule is CC(C)C1=C(S)N1. The van der Waals surface area contributed by atoms with Gasteiger partial charge in [0, 0.05) is 5.70 Å². The summed E-state index contributed by atoms with van der Waals surface area (Å²) in [5, 5.41) is 4.09. The van der Waals surface area contributed by atoms with E-state index >= 15 is 0 Å². The first-order chi connectivity index (χ1) is 3.22. The average Bonchev–Trinajstić information content (AvgIpc) is 2.17. The van der Waals surface area contributed by atoms with Crippen molar-refractivity contribution in [2.45, 2.75) is 13.8 Å². The Morgan fingerprint density at radius 1 is 1.57 bits per heavy atom. The molecule has 7 heavy (non-hydrogen) atoms. The third kappa shape index (κ3) is 0.911. The molecule has 1 aliphatic heterocycles. The summed E-state index contributed by atoms with van der Waals surface area (Å²) in [5.74, 6) is 0.632. The van der Waals surface area contributed by atoms with Gasteiger partial charge in [0.15, 0.2) is 0 Å². The molecule has 40 valence electrons. The van der Waals surface area contributed by atoms with Crippen molar-refractivity contribution in [1.82, 2.24) is 5.32 Å². The summed E-state index contributed by atoms with van der Waals surface area (Å²) in [6.45, 7) is 4.29. The highest BCUT2D eigenvalue weighted by atomic mass is 32.1. The fourth-order valence-electron chi connectivity index (χ4n) is 0.514. The lowest BCUT2D eigenvalue weighted by atomic mass is 10.2. The largest absolute Gasteiger partial charge is 0.350 e. The molecule has 1 heterocycles. The maximum Gasteiger partial charge on any atom is 0.0892 e. The van der Waals surface area contributed by atoms with Crippen LogP contribution in [0.4, 0.5) is 0 Å². The maximum absolute atomic E-state index is 4.08. The molecule has 1 nitrogen and oxygen atoms in total. The van der Waals surface area contributed by atoms with Crippen LogP contribution in [0.25, 0.3) is 0 Å². The zero-order chi connectivity index (χ0) is 5.44. The fourth-order valence-corrected chi connectivity index (χ4v) is 0.893. The molecule has 0 aromatic carbocycles. The van der Waals surface area contributed by atoms with Crippen molar-refractivity contribution in [2.75, 3.05) is 0 Å². The second-order valence-electron chi connectivity index (χ2n) is 2.04. The molecule has 2 heteroatoms. The first kappa shape index (κ1) is 5.04. The summed E-state index contributed by atoms with van der Waals surface area (Å²) in [5.41, 5.74) is 1.29. The molecular formula is C5H9NS. The molecule has 0 saturated carbocycles. The van der Waals surface area contributed by atoms with Crippen LogP contribution in [0.2, 0.25) is 0 Å². The van der Waals surface area contributed by atoms with Gasteiger partial charge in [-0.05, 0) is 5.92 Å². The Hall–Kier alpha value is -0.110. The van der Waals surface area contributed by atoms with E-state index in [0.717, 1.165) is 5.03 Å². The lowest BCUT2D eigenvalue weighted by molar-refractivity contribution is 0.779. The Morgan fingerprint density at radius 2 is 2.00 bits per heavy atom. The van der Waals surface area contributed by atoms with E-state index in [4.69, 9.17) is 0 Å². The Labute approximate surface area is 49.2 Å². The minimum Gasteiger partial charge on any atom is -0.350 e. The number of rotatable bonds is 1. The quantitative estimate of drug-likeness (QED) is 0.495. The normalized spacial score (nSPS) is 17.7. The fraction of sp³-hybridized carbons (Fsp3) is 0.600. The summed E-state index contributed by atoms with van der Waals surface area (Å²) < 4.78 is 0. The molecular weight excluding hydrogens is 106 g/mol. The van der Waals surface area contributed by atoms with Gasteiger partial charge in [0.25, 0.3) is 0 Å². The van der Waals surface area contributed by atoms with Gasteiger partial charge >= 0.3 is 0 Å². The van der Waals surface area contributed by atoms with E-state index in [1.807, 2.05) is 0 Å². The van der Waals surface area contributed by atoms with Crippen molar-refractivity contribution >= 4 is 12.6 Å². The molecule has 0 atom stereocenters. The monoisotopic (exact) mass is 115 g/mol. The lowest BCUT2D eigenvalue weighted by Gasteiger charge is -1.88. The zero-order valence-electron chi connectivity index (χ0n) is 4.52. The molecule has 0 fully saturated rings. The summed E-state index contributed by atoms with van der Waals surface area (Å²) in [6.07, 6.45) is 0. The van der Waals surface area contributed by atoms with Crippen LogP contribution in [0.5, 0.6) is 0 Å². The third-order valence-electron chi connectivity index (χ3n) is 1.02. The zero-order valence-corrected chi connectivity index (χ0v) is 5.42. The first-order valence-electron chi connectivity index (χ1n) is 2.42. The van der Waals surface area contributed by atoms with E-state index in [1.54, 1.807) is 0 Å². The predicted octanol–water partition coefficient (Wildman–Crippen LogP) is 1.34. The van der Waals surface area contributed by atoms with E-state index in [-0.39, 0.29) is 0 Å². The predicted molar refractivity (Wildman–Crippen MR) is 34.0 cm³/mol. The van der Waals surface area contributed by atoms with Gasteiger partial charge in [0.1, 0.15) is 0 Å². The van der Waals surface area contributed by atoms with Crippen molar-refractivity contribution in [3.8, 4) is 0 Å². The highest BCUT2D eigenvalue weighted by Crippen LogP contribution is 2.25. The Bertz CT molecular complexity index is 115. The second-order valence-corrected chi connectivity index (χ2v) is 2.49. The topological polar surface area (TPSA) is 21.9 Å². The summed E-state index contributed by atoms with van der Waals surface area (Å²) in [6, 6.07) is 0. The van der Waals surface area contributed by atoms with Crippen molar-refractivity contribution in [3.05, 3.63) is 10.7 Å². The van der Waals surface area contributed by atoms with Gasteiger partial charge in [-0.15, -0.1) is 12.6 Å². The summed E-state index contributed by atoms with van der Waals surface area (Å²) >= 11 is 4.08. The van der Waals surface area contributed by atoms with Gasteiger partial charge in [-0.3, -0.25) is 0 Å². The highest BCUT2D eigenvalue weighted by molar-refractivity contribution is 7.84. The lowest BCUT2D eigenvalue weighted by Crippen LogP contribution is -1.87. The minimum absolute atomic E-state index is 0.632. The van der Waals surface area contributed by atoms with E-state index in [0.29, 0.717) is 5.92 Å². The molecule has 0 bridgehead atoms. The van der Waals surface area contributed by atoms with Gasteiger partial charge in [-0.2, -0.15) is 0 Å².